The van der Waals surface area contributed by atoms with Gasteiger partial charge in [-0.25, -0.2) is 4.39 Å². The van der Waals surface area contributed by atoms with Crippen molar-refractivity contribution in [2.45, 2.75) is 26.7 Å². The molecular weight excluding hydrogens is 215 g/mol. The molecule has 3 heteroatoms. The van der Waals surface area contributed by atoms with Crippen LogP contribution in [0.2, 0.25) is 5.02 Å². The Morgan fingerprint density at radius 1 is 1.47 bits per heavy atom. The Morgan fingerprint density at radius 2 is 2.13 bits per heavy atom. The molecule has 0 saturated carbocycles. The third-order valence-electron chi connectivity index (χ3n) is 2.19. The highest BCUT2D eigenvalue weighted by molar-refractivity contribution is 6.31. The summed E-state index contributed by atoms with van der Waals surface area (Å²) in [5.41, 5.74) is 0.488. The molecule has 1 aromatic carbocycles. The van der Waals surface area contributed by atoms with Crippen LogP contribution in [0.3, 0.4) is 0 Å². The summed E-state index contributed by atoms with van der Waals surface area (Å²) in [5, 5.41) is 0.00500. The van der Waals surface area contributed by atoms with Crippen molar-refractivity contribution in [1.82, 2.24) is 0 Å². The van der Waals surface area contributed by atoms with Crippen LogP contribution >= 0.6 is 11.6 Å². The van der Waals surface area contributed by atoms with E-state index >= 15 is 0 Å². The Morgan fingerprint density at radius 3 is 2.67 bits per heavy atom. The predicted octanol–water partition coefficient (Wildman–Crippen LogP) is 4.10. The number of benzene rings is 1. The van der Waals surface area contributed by atoms with E-state index in [9.17, 15) is 9.18 Å². The summed E-state index contributed by atoms with van der Waals surface area (Å²) >= 11 is 5.59. The Bertz CT molecular complexity index is 361. The lowest BCUT2D eigenvalue weighted by Crippen LogP contribution is -2.01. The lowest BCUT2D eigenvalue weighted by atomic mass is 10.0. The second kappa shape index (κ2) is 5.26. The van der Waals surface area contributed by atoms with Crippen LogP contribution in [-0.2, 0) is 0 Å². The van der Waals surface area contributed by atoms with Crippen LogP contribution in [-0.4, -0.2) is 5.78 Å². The molecule has 0 N–H and O–H groups in total. The highest BCUT2D eigenvalue weighted by atomic mass is 35.5. The molecule has 82 valence electrons. The Kier molecular flexibility index (Phi) is 4.28. The molecule has 0 atom stereocenters. The van der Waals surface area contributed by atoms with Gasteiger partial charge in [-0.05, 0) is 30.5 Å². The minimum Gasteiger partial charge on any atom is -0.294 e. The molecule has 0 aliphatic rings. The van der Waals surface area contributed by atoms with Crippen molar-refractivity contribution < 1.29 is 9.18 Å². The number of Topliss-reactive ketones (excluding diaryl/α,β-unsaturated/α-hetero) is 1. The first-order valence-electron chi connectivity index (χ1n) is 4.99. The van der Waals surface area contributed by atoms with Crippen LogP contribution in [0.15, 0.2) is 18.2 Å². The average molecular weight is 229 g/mol. The zero-order valence-electron chi connectivity index (χ0n) is 8.89. The molecule has 0 saturated heterocycles. The summed E-state index contributed by atoms with van der Waals surface area (Å²) in [6, 6.07) is 4.09. The van der Waals surface area contributed by atoms with Gasteiger partial charge in [0.25, 0.3) is 0 Å². The number of halogens is 2. The fourth-order valence-corrected chi connectivity index (χ4v) is 1.41. The molecule has 1 aromatic rings. The van der Waals surface area contributed by atoms with Gasteiger partial charge in [-0.15, -0.1) is 0 Å². The standard InChI is InChI=1S/C12H14ClFO/c1-8(2)3-6-12(15)9-4-5-11(14)10(13)7-9/h4-5,7-8H,3,6H2,1-2H3. The van der Waals surface area contributed by atoms with Gasteiger partial charge in [0.05, 0.1) is 5.02 Å². The Labute approximate surface area is 94.3 Å². The van der Waals surface area contributed by atoms with E-state index < -0.39 is 5.82 Å². The van der Waals surface area contributed by atoms with Crippen molar-refractivity contribution >= 4 is 17.4 Å². The second-order valence-corrected chi connectivity index (χ2v) is 4.39. The van der Waals surface area contributed by atoms with Crippen LogP contribution in [0.1, 0.15) is 37.0 Å². The monoisotopic (exact) mass is 228 g/mol. The lowest BCUT2D eigenvalue weighted by molar-refractivity contribution is 0.0975. The molecule has 1 rings (SSSR count). The molecule has 15 heavy (non-hydrogen) atoms. The van der Waals surface area contributed by atoms with Crippen LogP contribution < -0.4 is 0 Å². The van der Waals surface area contributed by atoms with Crippen molar-refractivity contribution in [3.05, 3.63) is 34.6 Å². The summed E-state index contributed by atoms with van der Waals surface area (Å²) < 4.78 is 12.8. The van der Waals surface area contributed by atoms with E-state index in [4.69, 9.17) is 11.6 Å². The molecule has 0 aliphatic heterocycles. The van der Waals surface area contributed by atoms with Gasteiger partial charge in [-0.1, -0.05) is 25.4 Å². The largest absolute Gasteiger partial charge is 0.294 e. The average Bonchev–Trinajstić information content (AvgIpc) is 2.18. The number of hydrogen-bond acceptors (Lipinski definition) is 1. The maximum atomic E-state index is 12.8. The highest BCUT2D eigenvalue weighted by Crippen LogP contribution is 2.18. The molecule has 0 heterocycles. The number of rotatable bonds is 4. The smallest absolute Gasteiger partial charge is 0.162 e. The van der Waals surface area contributed by atoms with Crippen LogP contribution in [0.25, 0.3) is 0 Å². The summed E-state index contributed by atoms with van der Waals surface area (Å²) in [5.74, 6) is 0.0209. The van der Waals surface area contributed by atoms with Crippen molar-refractivity contribution in [1.29, 1.82) is 0 Å². The second-order valence-electron chi connectivity index (χ2n) is 3.98. The Hall–Kier alpha value is -0.890. The topological polar surface area (TPSA) is 17.1 Å². The van der Waals surface area contributed by atoms with Gasteiger partial charge in [0.15, 0.2) is 5.78 Å². The zero-order chi connectivity index (χ0) is 11.4. The van der Waals surface area contributed by atoms with Crippen LogP contribution in [0.4, 0.5) is 4.39 Å². The van der Waals surface area contributed by atoms with Crippen molar-refractivity contribution in [3.8, 4) is 0 Å². The first kappa shape index (κ1) is 12.2. The normalized spacial score (nSPS) is 10.7. The van der Waals surface area contributed by atoms with E-state index in [0.717, 1.165) is 6.42 Å². The van der Waals surface area contributed by atoms with E-state index in [0.29, 0.717) is 17.9 Å². The van der Waals surface area contributed by atoms with Gasteiger partial charge in [0.2, 0.25) is 0 Å². The molecule has 1 nitrogen and oxygen atoms in total. The quantitative estimate of drug-likeness (QED) is 0.710. The fourth-order valence-electron chi connectivity index (χ4n) is 1.23. The minimum absolute atomic E-state index is 0.00500. The summed E-state index contributed by atoms with van der Waals surface area (Å²) in [6.45, 7) is 4.12. The maximum Gasteiger partial charge on any atom is 0.162 e. The molecule has 0 aromatic heterocycles. The van der Waals surface area contributed by atoms with Gasteiger partial charge >= 0.3 is 0 Å². The first-order valence-corrected chi connectivity index (χ1v) is 5.36. The number of carbonyl (C=O) groups excluding carboxylic acids is 1. The van der Waals surface area contributed by atoms with E-state index in [-0.39, 0.29) is 10.8 Å². The van der Waals surface area contributed by atoms with E-state index in [1.54, 1.807) is 0 Å². The molecule has 0 radical (unpaired) electrons. The number of carbonyl (C=O) groups is 1. The van der Waals surface area contributed by atoms with Gasteiger partial charge in [-0.2, -0.15) is 0 Å². The molecule has 0 spiro atoms. The third kappa shape index (κ3) is 3.63. The number of hydrogen-bond donors (Lipinski definition) is 0. The van der Waals surface area contributed by atoms with Crippen molar-refractivity contribution in [3.63, 3.8) is 0 Å². The van der Waals surface area contributed by atoms with Crippen LogP contribution in [0.5, 0.6) is 0 Å². The summed E-state index contributed by atoms with van der Waals surface area (Å²) in [7, 11) is 0. The lowest BCUT2D eigenvalue weighted by Gasteiger charge is -2.04. The zero-order valence-corrected chi connectivity index (χ0v) is 9.64. The van der Waals surface area contributed by atoms with E-state index in [1.807, 2.05) is 0 Å². The third-order valence-corrected chi connectivity index (χ3v) is 2.48. The first-order chi connectivity index (χ1) is 7.00. The van der Waals surface area contributed by atoms with Gasteiger partial charge < -0.3 is 0 Å². The summed E-state index contributed by atoms with van der Waals surface area (Å²) in [4.78, 5) is 11.6. The Balaban J connectivity index is 2.70. The molecule has 0 bridgehead atoms. The predicted molar refractivity (Wildman–Crippen MR) is 59.8 cm³/mol. The maximum absolute atomic E-state index is 12.8. The van der Waals surface area contributed by atoms with Crippen LogP contribution in [0, 0.1) is 11.7 Å². The summed E-state index contributed by atoms with van der Waals surface area (Å²) in [6.07, 6.45) is 1.33. The van der Waals surface area contributed by atoms with Crippen molar-refractivity contribution in [2.75, 3.05) is 0 Å². The van der Waals surface area contributed by atoms with E-state index in [1.165, 1.54) is 18.2 Å². The minimum atomic E-state index is -0.489. The van der Waals surface area contributed by atoms with Gasteiger partial charge in [0, 0.05) is 12.0 Å². The molecule has 0 amide bonds. The molecule has 0 fully saturated rings. The van der Waals surface area contributed by atoms with Crippen molar-refractivity contribution in [2.24, 2.45) is 5.92 Å². The molecular formula is C12H14ClFO. The van der Waals surface area contributed by atoms with Gasteiger partial charge in [-0.3, -0.25) is 4.79 Å². The van der Waals surface area contributed by atoms with Gasteiger partial charge in [0.1, 0.15) is 5.82 Å². The highest BCUT2D eigenvalue weighted by Gasteiger charge is 2.09. The SMILES string of the molecule is CC(C)CCC(=O)c1ccc(F)c(Cl)c1. The fraction of sp³-hybridized carbons (Fsp3) is 0.417. The molecule has 0 unspecified atom stereocenters. The number of ketones is 1. The molecule has 0 aliphatic carbocycles. The van der Waals surface area contributed by atoms with E-state index in [2.05, 4.69) is 13.8 Å².